The van der Waals surface area contributed by atoms with Gasteiger partial charge in [-0.2, -0.15) is 0 Å². The molecule has 0 saturated heterocycles. The second kappa shape index (κ2) is 7.51. The Morgan fingerprint density at radius 1 is 1.23 bits per heavy atom. The Morgan fingerprint density at radius 3 is 2.64 bits per heavy atom. The van der Waals surface area contributed by atoms with Crippen LogP contribution in [-0.4, -0.2) is 28.4 Å². The summed E-state index contributed by atoms with van der Waals surface area (Å²) in [4.78, 5) is 26.0. The van der Waals surface area contributed by atoms with Crippen LogP contribution in [0.25, 0.3) is 6.08 Å². The molecule has 0 spiro atoms. The van der Waals surface area contributed by atoms with Gasteiger partial charge in [0, 0.05) is 16.9 Å². The highest BCUT2D eigenvalue weighted by molar-refractivity contribution is 9.10. The van der Waals surface area contributed by atoms with Crippen LogP contribution >= 0.6 is 15.9 Å². The number of rotatable bonds is 6. The molecule has 0 fully saturated rings. The number of benzene rings is 1. The number of pyridine rings is 1. The van der Waals surface area contributed by atoms with E-state index in [9.17, 15) is 9.59 Å². The van der Waals surface area contributed by atoms with Crippen molar-refractivity contribution in [2.24, 2.45) is 0 Å². The topological polar surface area (TPSA) is 76.5 Å². The maximum atomic E-state index is 11.5. The second-order valence-corrected chi connectivity index (χ2v) is 5.19. The molecule has 5 nitrogen and oxygen atoms in total. The number of hydrogen-bond donors (Lipinski definition) is 1. The van der Waals surface area contributed by atoms with Crippen molar-refractivity contribution in [3.63, 3.8) is 0 Å². The summed E-state index contributed by atoms with van der Waals surface area (Å²) in [6, 6.07) is 9.18. The van der Waals surface area contributed by atoms with Crippen molar-refractivity contribution in [1.29, 1.82) is 0 Å². The smallest absolute Gasteiger partial charge is 0.377 e. The first-order chi connectivity index (χ1) is 10.6. The summed E-state index contributed by atoms with van der Waals surface area (Å²) in [7, 11) is 0. The lowest BCUT2D eigenvalue weighted by atomic mass is 10.2. The van der Waals surface area contributed by atoms with E-state index in [1.807, 2.05) is 30.3 Å². The molecule has 6 heteroatoms. The number of hydrogen-bond acceptors (Lipinski definition) is 4. The third kappa shape index (κ3) is 4.26. The first kappa shape index (κ1) is 15.9. The van der Waals surface area contributed by atoms with E-state index < -0.39 is 11.8 Å². The molecule has 2 aromatic rings. The fourth-order valence-electron chi connectivity index (χ4n) is 1.69. The van der Waals surface area contributed by atoms with Gasteiger partial charge in [0.1, 0.15) is 12.4 Å². The summed E-state index contributed by atoms with van der Waals surface area (Å²) in [6.45, 7) is 0.208. The molecule has 0 aliphatic carbocycles. The normalized spacial score (nSPS) is 10.6. The zero-order chi connectivity index (χ0) is 15.9. The number of carbonyl (C=O) groups is 2. The zero-order valence-corrected chi connectivity index (χ0v) is 13.0. The molecule has 112 valence electrons. The Hall–Kier alpha value is -2.47. The molecular weight excluding hydrogens is 350 g/mol. The zero-order valence-electron chi connectivity index (χ0n) is 11.4. The van der Waals surface area contributed by atoms with Crippen LogP contribution in [0.5, 0.6) is 5.75 Å². The molecule has 1 N–H and O–H groups in total. The Morgan fingerprint density at radius 2 is 1.95 bits per heavy atom. The molecule has 0 saturated carbocycles. The van der Waals surface area contributed by atoms with E-state index in [0.717, 1.165) is 10.0 Å². The SMILES string of the molecule is O=C(O)C(=O)c1cnccc1OCC=Cc1ccc(Br)cc1. The van der Waals surface area contributed by atoms with Crippen molar-refractivity contribution in [2.45, 2.75) is 0 Å². The minimum Gasteiger partial charge on any atom is -0.489 e. The van der Waals surface area contributed by atoms with Crippen molar-refractivity contribution in [3.8, 4) is 5.75 Å². The lowest BCUT2D eigenvalue weighted by molar-refractivity contribution is -0.131. The summed E-state index contributed by atoms with van der Waals surface area (Å²) in [5, 5.41) is 8.75. The van der Waals surface area contributed by atoms with E-state index >= 15 is 0 Å². The molecule has 1 heterocycles. The first-order valence-electron chi connectivity index (χ1n) is 6.34. The third-order valence-corrected chi connectivity index (χ3v) is 3.26. The van der Waals surface area contributed by atoms with Gasteiger partial charge in [0.25, 0.3) is 5.78 Å². The van der Waals surface area contributed by atoms with Crippen LogP contribution in [0.15, 0.2) is 53.3 Å². The van der Waals surface area contributed by atoms with Crippen molar-refractivity contribution < 1.29 is 19.4 Å². The van der Waals surface area contributed by atoms with Crippen molar-refractivity contribution in [2.75, 3.05) is 6.61 Å². The maximum Gasteiger partial charge on any atom is 0.377 e. The van der Waals surface area contributed by atoms with Crippen LogP contribution < -0.4 is 4.74 Å². The molecular formula is C16H12BrNO4. The highest BCUT2D eigenvalue weighted by Crippen LogP contribution is 2.17. The van der Waals surface area contributed by atoms with Crippen molar-refractivity contribution in [1.82, 2.24) is 4.98 Å². The number of aromatic nitrogens is 1. The molecule has 1 aromatic carbocycles. The van der Waals surface area contributed by atoms with Gasteiger partial charge in [-0.05, 0) is 29.8 Å². The number of Topliss-reactive ketones (excluding diaryl/α,β-unsaturated/α-hetero) is 1. The lowest BCUT2D eigenvalue weighted by Gasteiger charge is -2.06. The largest absolute Gasteiger partial charge is 0.489 e. The van der Waals surface area contributed by atoms with Crippen LogP contribution in [0, 0.1) is 0 Å². The molecule has 0 aliphatic rings. The number of ether oxygens (including phenoxy) is 1. The van der Waals surface area contributed by atoms with E-state index in [-0.39, 0.29) is 17.9 Å². The molecule has 0 unspecified atom stereocenters. The van der Waals surface area contributed by atoms with Gasteiger partial charge < -0.3 is 9.84 Å². The molecule has 0 amide bonds. The number of halogens is 1. The van der Waals surface area contributed by atoms with E-state index in [0.29, 0.717) is 0 Å². The Labute approximate surface area is 135 Å². The highest BCUT2D eigenvalue weighted by atomic mass is 79.9. The summed E-state index contributed by atoms with van der Waals surface area (Å²) in [5.41, 5.74) is 0.940. The van der Waals surface area contributed by atoms with Crippen molar-refractivity contribution >= 4 is 33.8 Å². The van der Waals surface area contributed by atoms with E-state index in [4.69, 9.17) is 9.84 Å². The van der Waals surface area contributed by atoms with Gasteiger partial charge in [0.2, 0.25) is 0 Å². The molecule has 2 rings (SSSR count). The Bertz CT molecular complexity index is 710. The molecule has 0 bridgehead atoms. The van der Waals surface area contributed by atoms with Gasteiger partial charge in [-0.25, -0.2) is 4.79 Å². The summed E-state index contributed by atoms with van der Waals surface area (Å²) in [6.07, 6.45) is 6.27. The number of aliphatic carboxylic acids is 1. The van der Waals surface area contributed by atoms with Gasteiger partial charge >= 0.3 is 5.97 Å². The summed E-state index contributed by atoms with van der Waals surface area (Å²) < 4.78 is 6.43. The van der Waals surface area contributed by atoms with E-state index in [2.05, 4.69) is 20.9 Å². The van der Waals surface area contributed by atoms with Crippen molar-refractivity contribution in [3.05, 3.63) is 64.4 Å². The second-order valence-electron chi connectivity index (χ2n) is 4.27. The fraction of sp³-hybridized carbons (Fsp3) is 0.0625. The molecule has 22 heavy (non-hydrogen) atoms. The Kier molecular flexibility index (Phi) is 5.43. The quantitative estimate of drug-likeness (QED) is 0.631. The predicted molar refractivity (Wildman–Crippen MR) is 84.9 cm³/mol. The standard InChI is InChI=1S/C16H12BrNO4/c17-12-5-3-11(4-6-12)2-1-9-22-14-7-8-18-10-13(14)15(19)16(20)21/h1-8,10H,9H2,(H,20,21). The number of carboxylic acids is 1. The van der Waals surface area contributed by atoms with Crippen LogP contribution in [-0.2, 0) is 4.79 Å². The van der Waals surface area contributed by atoms with Crippen LogP contribution in [0.1, 0.15) is 15.9 Å². The maximum absolute atomic E-state index is 11.5. The van der Waals surface area contributed by atoms with Crippen LogP contribution in [0.3, 0.4) is 0 Å². The van der Waals surface area contributed by atoms with Gasteiger partial charge in [-0.3, -0.25) is 9.78 Å². The lowest BCUT2D eigenvalue weighted by Crippen LogP contribution is -2.14. The minimum atomic E-state index is -1.54. The number of nitrogens with zero attached hydrogens (tertiary/aromatic N) is 1. The van der Waals surface area contributed by atoms with Gasteiger partial charge in [0.15, 0.2) is 0 Å². The Balaban J connectivity index is 2.01. The van der Waals surface area contributed by atoms with Gasteiger partial charge in [-0.15, -0.1) is 0 Å². The third-order valence-electron chi connectivity index (χ3n) is 2.74. The molecule has 1 aromatic heterocycles. The van der Waals surface area contributed by atoms with Crippen LogP contribution in [0.2, 0.25) is 0 Å². The monoisotopic (exact) mass is 361 g/mol. The number of carbonyl (C=O) groups excluding carboxylic acids is 1. The fourth-order valence-corrected chi connectivity index (χ4v) is 1.95. The highest BCUT2D eigenvalue weighted by Gasteiger charge is 2.19. The number of ketones is 1. The molecule has 0 aliphatic heterocycles. The first-order valence-corrected chi connectivity index (χ1v) is 7.14. The predicted octanol–water partition coefficient (Wildman–Crippen LogP) is 3.20. The average Bonchev–Trinajstić information content (AvgIpc) is 2.53. The molecule has 0 radical (unpaired) electrons. The number of carboxylic acid groups (broad SMARTS) is 1. The van der Waals surface area contributed by atoms with Gasteiger partial charge in [0.05, 0.1) is 5.56 Å². The van der Waals surface area contributed by atoms with E-state index in [1.165, 1.54) is 18.5 Å². The van der Waals surface area contributed by atoms with Gasteiger partial charge in [-0.1, -0.05) is 34.1 Å². The molecule has 0 atom stereocenters. The summed E-state index contributed by atoms with van der Waals surface area (Å²) >= 11 is 3.36. The average molecular weight is 362 g/mol. The minimum absolute atomic E-state index is 0.0629. The van der Waals surface area contributed by atoms with E-state index in [1.54, 1.807) is 6.08 Å². The van der Waals surface area contributed by atoms with Crippen LogP contribution in [0.4, 0.5) is 0 Å². The summed E-state index contributed by atoms with van der Waals surface area (Å²) in [5.74, 6) is -2.38.